The lowest BCUT2D eigenvalue weighted by molar-refractivity contribution is 0.0597. The third-order valence-corrected chi connectivity index (χ3v) is 2.23. The number of carboxylic acid groups (broad SMARTS) is 1. The number of fused-ring (bicyclic) bond motifs is 1. The number of aromatic nitrogens is 2. The van der Waals surface area contributed by atoms with E-state index in [2.05, 4.69) is 9.72 Å². The van der Waals surface area contributed by atoms with Crippen molar-refractivity contribution in [2.75, 3.05) is 12.8 Å². The number of nitrogens with zero attached hydrogens (tertiary/aromatic N) is 2. The van der Waals surface area contributed by atoms with Crippen molar-refractivity contribution in [1.82, 2.24) is 9.38 Å². The predicted octanol–water partition coefficient (Wildman–Crippen LogP) is 0.401. The number of nitrogens with two attached hydrogens (primary N) is 1. The summed E-state index contributed by atoms with van der Waals surface area (Å²) in [6, 6.07) is 3.07. The van der Waals surface area contributed by atoms with Crippen molar-refractivity contribution in [3.63, 3.8) is 0 Å². The van der Waals surface area contributed by atoms with Gasteiger partial charge in [0.2, 0.25) is 5.82 Å². The molecule has 7 nitrogen and oxygen atoms in total. The van der Waals surface area contributed by atoms with Crippen LogP contribution < -0.4 is 5.73 Å². The Bertz CT molecular complexity index is 617. The molecule has 2 aromatic rings. The minimum absolute atomic E-state index is 0.0510. The molecule has 17 heavy (non-hydrogen) atoms. The van der Waals surface area contributed by atoms with Gasteiger partial charge in [0.25, 0.3) is 0 Å². The van der Waals surface area contributed by atoms with Crippen LogP contribution in [0.2, 0.25) is 0 Å². The molecule has 2 heterocycles. The first-order valence-corrected chi connectivity index (χ1v) is 4.63. The van der Waals surface area contributed by atoms with E-state index >= 15 is 0 Å². The second kappa shape index (κ2) is 3.78. The molecule has 88 valence electrons. The summed E-state index contributed by atoms with van der Waals surface area (Å²) in [5.74, 6) is -2.23. The maximum absolute atomic E-state index is 11.4. The van der Waals surface area contributed by atoms with Crippen LogP contribution in [0.3, 0.4) is 0 Å². The summed E-state index contributed by atoms with van der Waals surface area (Å²) in [7, 11) is 1.20. The zero-order valence-electron chi connectivity index (χ0n) is 8.88. The van der Waals surface area contributed by atoms with Gasteiger partial charge < -0.3 is 15.6 Å². The van der Waals surface area contributed by atoms with Gasteiger partial charge in [-0.1, -0.05) is 0 Å². The van der Waals surface area contributed by atoms with Crippen LogP contribution in [0.1, 0.15) is 21.1 Å². The van der Waals surface area contributed by atoms with Crippen LogP contribution in [0.15, 0.2) is 18.3 Å². The summed E-state index contributed by atoms with van der Waals surface area (Å²) in [6.07, 6.45) is 1.39. The lowest BCUT2D eigenvalue weighted by Crippen LogP contribution is -2.04. The Kier molecular flexibility index (Phi) is 2.43. The van der Waals surface area contributed by atoms with Crippen LogP contribution in [-0.2, 0) is 4.74 Å². The van der Waals surface area contributed by atoms with E-state index in [0.29, 0.717) is 11.2 Å². The average molecular weight is 235 g/mol. The second-order valence-corrected chi connectivity index (χ2v) is 3.30. The molecule has 0 saturated carbocycles. The number of carboxylic acids is 1. The molecule has 7 heteroatoms. The number of methoxy groups -OCH3 is 1. The highest BCUT2D eigenvalue weighted by Crippen LogP contribution is 2.16. The Morgan fingerprint density at radius 3 is 2.76 bits per heavy atom. The van der Waals surface area contributed by atoms with Crippen LogP contribution in [0.25, 0.3) is 5.52 Å². The normalized spacial score (nSPS) is 10.4. The van der Waals surface area contributed by atoms with E-state index in [1.807, 2.05) is 0 Å². The van der Waals surface area contributed by atoms with E-state index in [0.717, 1.165) is 0 Å². The highest BCUT2D eigenvalue weighted by Gasteiger charge is 2.21. The van der Waals surface area contributed by atoms with E-state index in [9.17, 15) is 9.59 Å². The minimum Gasteiger partial charge on any atom is -0.475 e. The van der Waals surface area contributed by atoms with E-state index in [1.54, 1.807) is 6.07 Å². The molecule has 0 fully saturated rings. The van der Waals surface area contributed by atoms with Crippen molar-refractivity contribution in [2.45, 2.75) is 0 Å². The third-order valence-electron chi connectivity index (χ3n) is 2.23. The first-order valence-electron chi connectivity index (χ1n) is 4.63. The molecule has 0 saturated heterocycles. The second-order valence-electron chi connectivity index (χ2n) is 3.30. The molecule has 0 aliphatic rings. The highest BCUT2D eigenvalue weighted by molar-refractivity contribution is 5.98. The van der Waals surface area contributed by atoms with Crippen molar-refractivity contribution < 1.29 is 19.4 Å². The largest absolute Gasteiger partial charge is 0.475 e. The van der Waals surface area contributed by atoms with Crippen LogP contribution in [-0.4, -0.2) is 33.5 Å². The molecule has 2 aromatic heterocycles. The van der Waals surface area contributed by atoms with Gasteiger partial charge in [0.05, 0.1) is 12.6 Å². The summed E-state index contributed by atoms with van der Waals surface area (Å²) in [6.45, 7) is 0. The number of carbonyl (C=O) groups excluding carboxylic acids is 1. The SMILES string of the molecule is COC(=O)c1nc(C(=O)O)n2cc(N)ccc12. The van der Waals surface area contributed by atoms with E-state index in [4.69, 9.17) is 10.8 Å². The number of ether oxygens (including phenoxy) is 1. The monoisotopic (exact) mass is 235 g/mol. The van der Waals surface area contributed by atoms with Crippen molar-refractivity contribution in [1.29, 1.82) is 0 Å². The number of rotatable bonds is 2. The maximum atomic E-state index is 11.4. The Morgan fingerprint density at radius 1 is 1.47 bits per heavy atom. The lowest BCUT2D eigenvalue weighted by Gasteiger charge is -1.99. The standard InChI is InChI=1S/C10H9N3O4/c1-17-10(16)7-6-3-2-5(11)4-13(6)8(12-7)9(14)15/h2-4H,11H2,1H3,(H,14,15). The van der Waals surface area contributed by atoms with E-state index in [-0.39, 0.29) is 11.5 Å². The number of esters is 1. The maximum Gasteiger partial charge on any atom is 0.372 e. The molecule has 2 rings (SSSR count). The van der Waals surface area contributed by atoms with Gasteiger partial charge in [-0.25, -0.2) is 14.6 Å². The number of carbonyl (C=O) groups is 2. The number of hydrogen-bond donors (Lipinski definition) is 2. The lowest BCUT2D eigenvalue weighted by atomic mass is 10.3. The number of anilines is 1. The van der Waals surface area contributed by atoms with Crippen molar-refractivity contribution in [3.8, 4) is 0 Å². The quantitative estimate of drug-likeness (QED) is 0.729. The molecular formula is C10H9N3O4. The zero-order valence-corrected chi connectivity index (χ0v) is 8.88. The van der Waals surface area contributed by atoms with Gasteiger partial charge in [0.1, 0.15) is 0 Å². The first-order chi connectivity index (χ1) is 8.04. The van der Waals surface area contributed by atoms with Crippen LogP contribution in [0.4, 0.5) is 5.69 Å². The van der Waals surface area contributed by atoms with Crippen molar-refractivity contribution in [2.24, 2.45) is 0 Å². The van der Waals surface area contributed by atoms with Crippen LogP contribution in [0, 0.1) is 0 Å². The zero-order chi connectivity index (χ0) is 12.6. The van der Waals surface area contributed by atoms with E-state index in [1.165, 1.54) is 23.8 Å². The molecule has 0 aliphatic carbocycles. The third kappa shape index (κ3) is 1.67. The van der Waals surface area contributed by atoms with Gasteiger partial charge >= 0.3 is 11.9 Å². The molecule has 0 atom stereocenters. The van der Waals surface area contributed by atoms with Gasteiger partial charge in [0, 0.05) is 11.9 Å². The van der Waals surface area contributed by atoms with Crippen LogP contribution >= 0.6 is 0 Å². The fourth-order valence-corrected chi connectivity index (χ4v) is 1.50. The predicted molar refractivity (Wildman–Crippen MR) is 57.9 cm³/mol. The number of nitrogen functional groups attached to an aromatic ring is 1. The molecule has 0 spiro atoms. The molecule has 0 aliphatic heterocycles. The minimum atomic E-state index is -1.25. The van der Waals surface area contributed by atoms with E-state index < -0.39 is 11.9 Å². The summed E-state index contributed by atoms with van der Waals surface area (Å²) in [5, 5.41) is 8.97. The molecule has 0 bridgehead atoms. The molecule has 0 amide bonds. The fraction of sp³-hybridized carbons (Fsp3) is 0.100. The Labute approximate surface area is 95.4 Å². The van der Waals surface area contributed by atoms with Crippen molar-refractivity contribution in [3.05, 3.63) is 29.8 Å². The number of pyridine rings is 1. The van der Waals surface area contributed by atoms with Gasteiger partial charge in [-0.2, -0.15) is 0 Å². The average Bonchev–Trinajstić information content (AvgIpc) is 2.66. The molecule has 3 N–H and O–H groups in total. The van der Waals surface area contributed by atoms with Gasteiger partial charge in [0.15, 0.2) is 5.69 Å². The van der Waals surface area contributed by atoms with Gasteiger partial charge in [-0.15, -0.1) is 0 Å². The smallest absolute Gasteiger partial charge is 0.372 e. The summed E-state index contributed by atoms with van der Waals surface area (Å²) in [4.78, 5) is 26.1. The Balaban J connectivity index is 2.79. The molecule has 0 radical (unpaired) electrons. The van der Waals surface area contributed by atoms with Crippen LogP contribution in [0.5, 0.6) is 0 Å². The molecule has 0 unspecified atom stereocenters. The molecule has 0 aromatic carbocycles. The number of imidazole rings is 1. The fourth-order valence-electron chi connectivity index (χ4n) is 1.50. The summed E-state index contributed by atoms with van der Waals surface area (Å²) in [5.41, 5.74) is 6.21. The topological polar surface area (TPSA) is 107 Å². The van der Waals surface area contributed by atoms with Gasteiger partial charge in [-0.05, 0) is 12.1 Å². The van der Waals surface area contributed by atoms with Crippen molar-refractivity contribution >= 4 is 23.1 Å². The summed E-state index contributed by atoms with van der Waals surface area (Å²) < 4.78 is 5.77. The number of aromatic carboxylic acids is 1. The Hall–Kier alpha value is -2.57. The highest BCUT2D eigenvalue weighted by atomic mass is 16.5. The molecular weight excluding hydrogens is 226 g/mol. The Morgan fingerprint density at radius 2 is 2.18 bits per heavy atom. The van der Waals surface area contributed by atoms with Gasteiger partial charge in [-0.3, -0.25) is 4.40 Å². The number of hydrogen-bond acceptors (Lipinski definition) is 5. The summed E-state index contributed by atoms with van der Waals surface area (Å²) >= 11 is 0. The first kappa shape index (κ1) is 10.9.